The van der Waals surface area contributed by atoms with E-state index in [-0.39, 0.29) is 17.1 Å². The molecule has 0 aromatic heterocycles. The molecule has 0 radical (unpaired) electrons. The lowest BCUT2D eigenvalue weighted by Crippen LogP contribution is -2.08. The van der Waals surface area contributed by atoms with E-state index in [1.54, 1.807) is 24.3 Å². The Hall–Kier alpha value is -3.47. The van der Waals surface area contributed by atoms with Crippen molar-refractivity contribution in [3.8, 4) is 34.1 Å². The minimum absolute atomic E-state index is 0.118. The molecule has 1 heterocycles. The van der Waals surface area contributed by atoms with Crippen molar-refractivity contribution in [2.75, 3.05) is 14.2 Å². The van der Waals surface area contributed by atoms with Crippen LogP contribution < -0.4 is 14.2 Å². The number of fused-ring (bicyclic) bond motifs is 3. The smallest absolute Gasteiger partial charge is 0.196 e. The maximum absolute atomic E-state index is 13.0. The monoisotopic (exact) mass is 362 g/mol. The second-order valence-electron chi connectivity index (χ2n) is 6.21. The molecule has 4 rings (SSSR count). The van der Waals surface area contributed by atoms with E-state index in [2.05, 4.69) is 0 Å². The first-order valence-corrected chi connectivity index (χ1v) is 8.47. The fourth-order valence-electron chi connectivity index (χ4n) is 3.28. The molecule has 0 amide bonds. The summed E-state index contributed by atoms with van der Waals surface area (Å²) in [6.07, 6.45) is 0. The normalized spacial score (nSPS) is 11.8. The number of carbonyl (C=O) groups is 1. The Bertz CT molecular complexity index is 1040. The van der Waals surface area contributed by atoms with Gasteiger partial charge < -0.3 is 19.3 Å². The summed E-state index contributed by atoms with van der Waals surface area (Å²) in [5.41, 5.74) is 3.44. The zero-order valence-electron chi connectivity index (χ0n) is 15.0. The molecular weight excluding hydrogens is 344 g/mol. The first kappa shape index (κ1) is 17.0. The van der Waals surface area contributed by atoms with Crippen LogP contribution in [0.15, 0.2) is 54.6 Å². The van der Waals surface area contributed by atoms with Crippen molar-refractivity contribution in [2.45, 2.75) is 6.61 Å². The number of rotatable bonds is 4. The maximum atomic E-state index is 13.0. The van der Waals surface area contributed by atoms with E-state index in [1.165, 1.54) is 20.3 Å². The number of carbonyl (C=O) groups excluding carboxylic acids is 1. The number of hydrogen-bond acceptors (Lipinski definition) is 5. The van der Waals surface area contributed by atoms with Gasteiger partial charge in [-0.05, 0) is 35.4 Å². The minimum Gasteiger partial charge on any atom is -0.507 e. The average Bonchev–Trinajstić information content (AvgIpc) is 2.72. The number of aromatic hydroxyl groups is 1. The van der Waals surface area contributed by atoms with Crippen LogP contribution in [-0.2, 0) is 6.61 Å². The Balaban J connectivity index is 1.80. The number of benzene rings is 3. The number of ketones is 1. The van der Waals surface area contributed by atoms with Gasteiger partial charge in [0.25, 0.3) is 0 Å². The standard InChI is InChI=1S/C22H18O5/c1-25-19-8-7-13(9-21(19)26-2)22(24)17-10-16-15-6-4-3-5-14(15)12-27-20(16)11-18(17)23/h3-11,23H,12H2,1-2H3. The van der Waals surface area contributed by atoms with Gasteiger partial charge >= 0.3 is 0 Å². The predicted molar refractivity (Wildman–Crippen MR) is 101 cm³/mol. The molecule has 0 atom stereocenters. The molecule has 3 aromatic carbocycles. The van der Waals surface area contributed by atoms with Gasteiger partial charge in [-0.1, -0.05) is 24.3 Å². The molecule has 0 fully saturated rings. The Morgan fingerprint density at radius 1 is 0.963 bits per heavy atom. The van der Waals surface area contributed by atoms with E-state index in [4.69, 9.17) is 14.2 Å². The number of phenolic OH excluding ortho intramolecular Hbond substituents is 1. The Kier molecular flexibility index (Phi) is 4.20. The van der Waals surface area contributed by atoms with Crippen LogP contribution in [0, 0.1) is 0 Å². The van der Waals surface area contributed by atoms with Gasteiger partial charge in [-0.25, -0.2) is 0 Å². The van der Waals surface area contributed by atoms with Crippen LogP contribution in [0.2, 0.25) is 0 Å². The highest BCUT2D eigenvalue weighted by molar-refractivity contribution is 6.12. The van der Waals surface area contributed by atoms with Crippen LogP contribution in [-0.4, -0.2) is 25.1 Å². The van der Waals surface area contributed by atoms with Gasteiger partial charge in [0.15, 0.2) is 17.3 Å². The Morgan fingerprint density at radius 3 is 2.52 bits per heavy atom. The molecule has 27 heavy (non-hydrogen) atoms. The molecule has 0 aliphatic carbocycles. The second-order valence-corrected chi connectivity index (χ2v) is 6.21. The van der Waals surface area contributed by atoms with Gasteiger partial charge in [-0.3, -0.25) is 4.79 Å². The van der Waals surface area contributed by atoms with Crippen molar-refractivity contribution < 1.29 is 24.1 Å². The van der Waals surface area contributed by atoms with Crippen LogP contribution in [0.5, 0.6) is 23.0 Å². The van der Waals surface area contributed by atoms with E-state index >= 15 is 0 Å². The van der Waals surface area contributed by atoms with Gasteiger partial charge in [-0.15, -0.1) is 0 Å². The van der Waals surface area contributed by atoms with Crippen molar-refractivity contribution in [1.29, 1.82) is 0 Å². The number of hydrogen-bond donors (Lipinski definition) is 1. The van der Waals surface area contributed by atoms with Gasteiger partial charge in [0.2, 0.25) is 0 Å². The summed E-state index contributed by atoms with van der Waals surface area (Å²) in [4.78, 5) is 13.0. The summed E-state index contributed by atoms with van der Waals surface area (Å²) in [6.45, 7) is 0.436. The molecule has 3 aromatic rings. The lowest BCUT2D eigenvalue weighted by Gasteiger charge is -2.22. The zero-order valence-corrected chi connectivity index (χ0v) is 15.0. The van der Waals surface area contributed by atoms with Gasteiger partial charge in [0.1, 0.15) is 18.1 Å². The minimum atomic E-state index is -0.306. The Labute approximate surface area is 156 Å². The molecule has 0 saturated heterocycles. The van der Waals surface area contributed by atoms with Crippen molar-refractivity contribution in [3.05, 3.63) is 71.3 Å². The van der Waals surface area contributed by atoms with Crippen molar-refractivity contribution in [1.82, 2.24) is 0 Å². The van der Waals surface area contributed by atoms with Crippen molar-refractivity contribution in [2.24, 2.45) is 0 Å². The topological polar surface area (TPSA) is 65.0 Å². The molecule has 0 saturated carbocycles. The highest BCUT2D eigenvalue weighted by atomic mass is 16.5. The molecule has 0 spiro atoms. The molecule has 5 nitrogen and oxygen atoms in total. The maximum Gasteiger partial charge on any atom is 0.196 e. The lowest BCUT2D eigenvalue weighted by molar-refractivity contribution is 0.103. The van der Waals surface area contributed by atoms with E-state index in [1.807, 2.05) is 24.3 Å². The molecule has 5 heteroatoms. The third kappa shape index (κ3) is 2.87. The SMILES string of the molecule is COc1ccc(C(=O)c2cc3c(cc2O)OCc2ccccc2-3)cc1OC. The summed E-state index contributed by atoms with van der Waals surface area (Å²) < 4.78 is 16.2. The fraction of sp³-hybridized carbons (Fsp3) is 0.136. The van der Waals surface area contributed by atoms with Gasteiger partial charge in [0, 0.05) is 17.2 Å². The average molecular weight is 362 g/mol. The summed E-state index contributed by atoms with van der Waals surface area (Å²) in [5.74, 6) is 1.13. The molecule has 136 valence electrons. The number of phenols is 1. The lowest BCUT2D eigenvalue weighted by atomic mass is 9.92. The summed E-state index contributed by atoms with van der Waals surface area (Å²) in [6, 6.07) is 16.0. The molecule has 0 unspecified atom stereocenters. The molecule has 1 N–H and O–H groups in total. The summed E-state index contributed by atoms with van der Waals surface area (Å²) in [7, 11) is 3.04. The molecular formula is C22H18O5. The molecule has 0 bridgehead atoms. The van der Waals surface area contributed by atoms with Crippen molar-refractivity contribution in [3.63, 3.8) is 0 Å². The van der Waals surface area contributed by atoms with E-state index in [0.29, 0.717) is 29.4 Å². The zero-order chi connectivity index (χ0) is 19.0. The Morgan fingerprint density at radius 2 is 1.74 bits per heavy atom. The van der Waals surface area contributed by atoms with E-state index in [9.17, 15) is 9.90 Å². The molecule has 1 aliphatic rings. The summed E-state index contributed by atoms with van der Waals surface area (Å²) in [5, 5.41) is 10.4. The predicted octanol–water partition coefficient (Wildman–Crippen LogP) is 4.20. The number of methoxy groups -OCH3 is 2. The van der Waals surface area contributed by atoms with Crippen LogP contribution in [0.4, 0.5) is 0 Å². The number of ether oxygens (including phenoxy) is 3. The van der Waals surface area contributed by atoms with Gasteiger partial charge in [-0.2, -0.15) is 0 Å². The highest BCUT2D eigenvalue weighted by Crippen LogP contribution is 2.41. The quantitative estimate of drug-likeness (QED) is 0.705. The highest BCUT2D eigenvalue weighted by Gasteiger charge is 2.23. The van der Waals surface area contributed by atoms with Crippen LogP contribution in [0.1, 0.15) is 21.5 Å². The van der Waals surface area contributed by atoms with Gasteiger partial charge in [0.05, 0.1) is 19.8 Å². The van der Waals surface area contributed by atoms with Crippen LogP contribution in [0.25, 0.3) is 11.1 Å². The fourth-order valence-corrected chi connectivity index (χ4v) is 3.28. The summed E-state index contributed by atoms with van der Waals surface area (Å²) >= 11 is 0. The van der Waals surface area contributed by atoms with E-state index < -0.39 is 0 Å². The third-order valence-electron chi connectivity index (χ3n) is 4.68. The largest absolute Gasteiger partial charge is 0.507 e. The first-order chi connectivity index (χ1) is 13.1. The molecule has 1 aliphatic heterocycles. The third-order valence-corrected chi connectivity index (χ3v) is 4.68. The second kappa shape index (κ2) is 6.68. The first-order valence-electron chi connectivity index (χ1n) is 8.47. The van der Waals surface area contributed by atoms with E-state index in [0.717, 1.165) is 16.7 Å². The van der Waals surface area contributed by atoms with Crippen LogP contribution >= 0.6 is 0 Å². The van der Waals surface area contributed by atoms with Crippen LogP contribution in [0.3, 0.4) is 0 Å². The van der Waals surface area contributed by atoms with Crippen molar-refractivity contribution >= 4 is 5.78 Å².